The van der Waals surface area contributed by atoms with Crippen LogP contribution >= 0.6 is 0 Å². The summed E-state index contributed by atoms with van der Waals surface area (Å²) in [6.07, 6.45) is 4.07. The van der Waals surface area contributed by atoms with Crippen molar-refractivity contribution in [2.45, 2.75) is 52.5 Å². The number of aryl methyl sites for hydroxylation is 1. The summed E-state index contributed by atoms with van der Waals surface area (Å²) < 4.78 is 5.65. The Hall–Kier alpha value is -1.02. The molecule has 0 aromatic heterocycles. The topological polar surface area (TPSA) is 35.2 Å². The first-order chi connectivity index (χ1) is 8.21. The second-order valence-corrected chi connectivity index (χ2v) is 4.50. The smallest absolute Gasteiger partial charge is 0.119 e. The lowest BCUT2D eigenvalue weighted by Crippen LogP contribution is -2.22. The Morgan fingerprint density at radius 1 is 1.18 bits per heavy atom. The number of ether oxygens (including phenoxy) is 1. The predicted octanol–water partition coefficient (Wildman–Crippen LogP) is 3.32. The Kier molecular flexibility index (Phi) is 6.06. The Balaban J connectivity index is 2.77. The fraction of sp³-hybridized carbons (Fsp3) is 0.600. The minimum Gasteiger partial charge on any atom is -0.494 e. The van der Waals surface area contributed by atoms with E-state index in [-0.39, 0.29) is 6.04 Å². The SMILES string of the molecule is CCCOc1ccc(CC(N)CC)c(CC)c1. The van der Waals surface area contributed by atoms with Gasteiger partial charge in [-0.2, -0.15) is 0 Å². The van der Waals surface area contributed by atoms with E-state index in [9.17, 15) is 0 Å². The monoisotopic (exact) mass is 235 g/mol. The molecule has 1 atom stereocenters. The molecule has 0 saturated carbocycles. The molecular weight excluding hydrogens is 210 g/mol. The third-order valence-corrected chi connectivity index (χ3v) is 3.04. The van der Waals surface area contributed by atoms with Crippen molar-refractivity contribution < 1.29 is 4.74 Å². The zero-order chi connectivity index (χ0) is 12.7. The molecule has 0 fully saturated rings. The molecule has 0 bridgehead atoms. The van der Waals surface area contributed by atoms with Gasteiger partial charge in [0.05, 0.1) is 6.61 Å². The molecule has 0 amide bonds. The van der Waals surface area contributed by atoms with Gasteiger partial charge in [-0.25, -0.2) is 0 Å². The molecule has 0 saturated heterocycles. The molecule has 0 aliphatic carbocycles. The standard InChI is InChI=1S/C15H25NO/c1-4-9-17-15-8-7-13(10-14(16)6-3)12(5-2)11-15/h7-8,11,14H,4-6,9-10,16H2,1-3H3. The van der Waals surface area contributed by atoms with Crippen molar-refractivity contribution in [1.82, 2.24) is 0 Å². The highest BCUT2D eigenvalue weighted by Gasteiger charge is 2.07. The average molecular weight is 235 g/mol. The van der Waals surface area contributed by atoms with Crippen LogP contribution in [0.5, 0.6) is 5.75 Å². The second kappa shape index (κ2) is 7.33. The van der Waals surface area contributed by atoms with Crippen LogP contribution in [0.1, 0.15) is 44.7 Å². The summed E-state index contributed by atoms with van der Waals surface area (Å²) in [5, 5.41) is 0. The van der Waals surface area contributed by atoms with Crippen molar-refractivity contribution in [2.24, 2.45) is 5.73 Å². The van der Waals surface area contributed by atoms with Crippen molar-refractivity contribution >= 4 is 0 Å². The van der Waals surface area contributed by atoms with Crippen LogP contribution in [0.3, 0.4) is 0 Å². The fourth-order valence-electron chi connectivity index (χ4n) is 1.87. The first kappa shape index (κ1) is 14.0. The zero-order valence-corrected chi connectivity index (χ0v) is 11.3. The molecule has 2 heteroatoms. The molecule has 0 aliphatic rings. The van der Waals surface area contributed by atoms with Crippen LogP contribution in [0.25, 0.3) is 0 Å². The Morgan fingerprint density at radius 2 is 1.94 bits per heavy atom. The molecule has 1 aromatic carbocycles. The maximum Gasteiger partial charge on any atom is 0.119 e. The van der Waals surface area contributed by atoms with Gasteiger partial charge in [-0.1, -0.05) is 26.8 Å². The maximum absolute atomic E-state index is 6.02. The lowest BCUT2D eigenvalue weighted by Gasteiger charge is -2.14. The quantitative estimate of drug-likeness (QED) is 0.787. The van der Waals surface area contributed by atoms with Gasteiger partial charge in [0.2, 0.25) is 0 Å². The molecule has 1 rings (SSSR count). The van der Waals surface area contributed by atoms with E-state index < -0.39 is 0 Å². The fourth-order valence-corrected chi connectivity index (χ4v) is 1.87. The van der Waals surface area contributed by atoms with Gasteiger partial charge in [0.25, 0.3) is 0 Å². The van der Waals surface area contributed by atoms with Gasteiger partial charge < -0.3 is 10.5 Å². The third kappa shape index (κ3) is 4.39. The molecule has 1 aromatic rings. The van der Waals surface area contributed by atoms with E-state index in [1.807, 2.05) is 0 Å². The first-order valence-electron chi connectivity index (χ1n) is 6.71. The number of hydrogen-bond donors (Lipinski definition) is 1. The van der Waals surface area contributed by atoms with E-state index in [1.54, 1.807) is 0 Å². The van der Waals surface area contributed by atoms with Crippen molar-refractivity contribution in [1.29, 1.82) is 0 Å². The zero-order valence-electron chi connectivity index (χ0n) is 11.3. The molecule has 17 heavy (non-hydrogen) atoms. The van der Waals surface area contributed by atoms with Gasteiger partial charge in [0.1, 0.15) is 5.75 Å². The van der Waals surface area contributed by atoms with E-state index in [4.69, 9.17) is 10.5 Å². The highest BCUT2D eigenvalue weighted by molar-refractivity contribution is 5.36. The van der Waals surface area contributed by atoms with Crippen molar-refractivity contribution in [3.8, 4) is 5.75 Å². The van der Waals surface area contributed by atoms with E-state index >= 15 is 0 Å². The maximum atomic E-state index is 6.02. The van der Waals surface area contributed by atoms with Gasteiger partial charge in [-0.05, 0) is 48.9 Å². The Bertz CT molecular complexity index is 336. The van der Waals surface area contributed by atoms with E-state index in [0.717, 1.165) is 38.0 Å². The summed E-state index contributed by atoms with van der Waals surface area (Å²) in [4.78, 5) is 0. The highest BCUT2D eigenvalue weighted by Crippen LogP contribution is 2.20. The van der Waals surface area contributed by atoms with Crippen molar-refractivity contribution in [3.63, 3.8) is 0 Å². The highest BCUT2D eigenvalue weighted by atomic mass is 16.5. The minimum atomic E-state index is 0.266. The van der Waals surface area contributed by atoms with Crippen molar-refractivity contribution in [2.75, 3.05) is 6.61 Å². The van der Waals surface area contributed by atoms with Gasteiger partial charge in [0.15, 0.2) is 0 Å². The summed E-state index contributed by atoms with van der Waals surface area (Å²) >= 11 is 0. The molecule has 2 nitrogen and oxygen atoms in total. The largest absolute Gasteiger partial charge is 0.494 e. The van der Waals surface area contributed by atoms with Crippen LogP contribution in [-0.2, 0) is 12.8 Å². The molecule has 0 radical (unpaired) electrons. The lowest BCUT2D eigenvalue weighted by atomic mass is 9.97. The molecule has 96 valence electrons. The van der Waals surface area contributed by atoms with Crippen LogP contribution in [0.2, 0.25) is 0 Å². The molecule has 0 aliphatic heterocycles. The summed E-state index contributed by atoms with van der Waals surface area (Å²) in [5.41, 5.74) is 8.75. The van der Waals surface area contributed by atoms with E-state index in [2.05, 4.69) is 39.0 Å². The van der Waals surface area contributed by atoms with E-state index in [0.29, 0.717) is 0 Å². The number of nitrogens with two attached hydrogens (primary N) is 1. The number of hydrogen-bond acceptors (Lipinski definition) is 2. The molecule has 0 spiro atoms. The van der Waals surface area contributed by atoms with Crippen molar-refractivity contribution in [3.05, 3.63) is 29.3 Å². The van der Waals surface area contributed by atoms with Crippen LogP contribution in [-0.4, -0.2) is 12.6 Å². The summed E-state index contributed by atoms with van der Waals surface area (Å²) in [7, 11) is 0. The molecule has 1 unspecified atom stereocenters. The average Bonchev–Trinajstić information content (AvgIpc) is 2.37. The summed E-state index contributed by atoms with van der Waals surface area (Å²) in [6, 6.07) is 6.65. The lowest BCUT2D eigenvalue weighted by molar-refractivity contribution is 0.317. The molecule has 0 heterocycles. The van der Waals surface area contributed by atoms with E-state index in [1.165, 1.54) is 11.1 Å². The Morgan fingerprint density at radius 3 is 2.53 bits per heavy atom. The van der Waals surface area contributed by atoms with Crippen LogP contribution in [0.15, 0.2) is 18.2 Å². The predicted molar refractivity (Wildman–Crippen MR) is 73.6 cm³/mol. The third-order valence-electron chi connectivity index (χ3n) is 3.04. The summed E-state index contributed by atoms with van der Waals surface area (Å²) in [5.74, 6) is 0.984. The summed E-state index contributed by atoms with van der Waals surface area (Å²) in [6.45, 7) is 7.22. The molecular formula is C15H25NO. The minimum absolute atomic E-state index is 0.266. The molecule has 2 N–H and O–H groups in total. The van der Waals surface area contributed by atoms with Crippen LogP contribution in [0, 0.1) is 0 Å². The van der Waals surface area contributed by atoms with Gasteiger partial charge in [-0.3, -0.25) is 0 Å². The number of benzene rings is 1. The second-order valence-electron chi connectivity index (χ2n) is 4.50. The van der Waals surface area contributed by atoms with Gasteiger partial charge >= 0.3 is 0 Å². The number of rotatable bonds is 7. The van der Waals surface area contributed by atoms with Crippen LogP contribution < -0.4 is 10.5 Å². The normalized spacial score (nSPS) is 12.5. The Labute approximate surface area is 105 Å². The van der Waals surface area contributed by atoms with Gasteiger partial charge in [-0.15, -0.1) is 0 Å². The van der Waals surface area contributed by atoms with Crippen LogP contribution in [0.4, 0.5) is 0 Å². The first-order valence-corrected chi connectivity index (χ1v) is 6.71. The van der Waals surface area contributed by atoms with Gasteiger partial charge in [0, 0.05) is 6.04 Å².